The largest absolute Gasteiger partial charge is 0.383 e. The minimum atomic E-state index is -0.138. The fourth-order valence-electron chi connectivity index (χ4n) is 1.38. The maximum absolute atomic E-state index is 12.0. The number of nitrogens with one attached hydrogen (secondary N) is 1. The van der Waals surface area contributed by atoms with Crippen molar-refractivity contribution in [2.24, 2.45) is 5.92 Å². The maximum Gasteiger partial charge on any atom is 0.254 e. The first-order chi connectivity index (χ1) is 8.06. The Kier molecular flexibility index (Phi) is 5.58. The Morgan fingerprint density at radius 3 is 2.82 bits per heavy atom. The molecular weight excluding hydrogens is 284 g/mol. The van der Waals surface area contributed by atoms with E-state index in [2.05, 4.69) is 26.2 Å². The molecule has 17 heavy (non-hydrogen) atoms. The molecule has 1 aromatic heterocycles. The van der Waals surface area contributed by atoms with E-state index in [0.29, 0.717) is 22.7 Å². The van der Waals surface area contributed by atoms with Gasteiger partial charge in [0.05, 0.1) is 18.2 Å². The van der Waals surface area contributed by atoms with Crippen LogP contribution in [0.4, 0.5) is 0 Å². The molecular formula is C12H17BrN2O2. The van der Waals surface area contributed by atoms with Crippen molar-refractivity contribution in [3.63, 3.8) is 0 Å². The molecule has 0 spiro atoms. The molecule has 1 heterocycles. The summed E-state index contributed by atoms with van der Waals surface area (Å²) in [6.07, 6.45) is 1.63. The van der Waals surface area contributed by atoms with E-state index in [4.69, 9.17) is 4.74 Å². The zero-order chi connectivity index (χ0) is 12.8. The molecule has 0 radical (unpaired) electrons. The topological polar surface area (TPSA) is 51.2 Å². The SMILES string of the molecule is COCC(NC(=O)c1cccnc1Br)C(C)C. The predicted octanol–water partition coefficient (Wildman–Crippen LogP) is 2.24. The molecule has 0 aliphatic rings. The lowest BCUT2D eigenvalue weighted by atomic mass is 10.1. The summed E-state index contributed by atoms with van der Waals surface area (Å²) >= 11 is 3.26. The molecule has 94 valence electrons. The number of hydrogen-bond donors (Lipinski definition) is 1. The number of rotatable bonds is 5. The summed E-state index contributed by atoms with van der Waals surface area (Å²) in [6.45, 7) is 4.59. The lowest BCUT2D eigenvalue weighted by Crippen LogP contribution is -2.41. The third kappa shape index (κ3) is 4.09. The van der Waals surface area contributed by atoms with Crippen molar-refractivity contribution < 1.29 is 9.53 Å². The second kappa shape index (κ2) is 6.71. The molecule has 0 aromatic carbocycles. The summed E-state index contributed by atoms with van der Waals surface area (Å²) < 4.78 is 5.64. The van der Waals surface area contributed by atoms with Crippen LogP contribution in [0.5, 0.6) is 0 Å². The number of nitrogens with zero attached hydrogens (tertiary/aromatic N) is 1. The summed E-state index contributed by atoms with van der Waals surface area (Å²) in [5.74, 6) is 0.176. The summed E-state index contributed by atoms with van der Waals surface area (Å²) in [4.78, 5) is 16.0. The lowest BCUT2D eigenvalue weighted by Gasteiger charge is -2.21. The van der Waals surface area contributed by atoms with E-state index in [1.165, 1.54) is 0 Å². The van der Waals surface area contributed by atoms with Crippen molar-refractivity contribution in [3.05, 3.63) is 28.5 Å². The Bertz CT molecular complexity index is 383. The zero-order valence-electron chi connectivity index (χ0n) is 10.2. The van der Waals surface area contributed by atoms with Crippen LogP contribution in [0.1, 0.15) is 24.2 Å². The van der Waals surface area contributed by atoms with E-state index < -0.39 is 0 Å². The van der Waals surface area contributed by atoms with Crippen LogP contribution in [0.15, 0.2) is 22.9 Å². The lowest BCUT2D eigenvalue weighted by molar-refractivity contribution is 0.0865. The molecule has 0 aliphatic heterocycles. The standard InChI is InChI=1S/C12H17BrN2O2/c1-8(2)10(7-17-3)15-12(16)9-5-4-6-14-11(9)13/h4-6,8,10H,7H2,1-3H3,(H,15,16). The summed E-state index contributed by atoms with van der Waals surface area (Å²) in [5.41, 5.74) is 0.536. The van der Waals surface area contributed by atoms with Crippen LogP contribution in [0.25, 0.3) is 0 Å². The quantitative estimate of drug-likeness (QED) is 0.849. The second-order valence-corrected chi connectivity index (χ2v) is 4.87. The number of aromatic nitrogens is 1. The van der Waals surface area contributed by atoms with Crippen molar-refractivity contribution in [2.75, 3.05) is 13.7 Å². The molecule has 1 aromatic rings. The first-order valence-corrected chi connectivity index (χ1v) is 6.26. The van der Waals surface area contributed by atoms with Gasteiger partial charge in [0.2, 0.25) is 0 Å². The van der Waals surface area contributed by atoms with Gasteiger partial charge in [0.25, 0.3) is 5.91 Å². The van der Waals surface area contributed by atoms with Crippen LogP contribution in [0, 0.1) is 5.92 Å². The van der Waals surface area contributed by atoms with Crippen LogP contribution >= 0.6 is 15.9 Å². The average Bonchev–Trinajstić information content (AvgIpc) is 2.28. The van der Waals surface area contributed by atoms with Gasteiger partial charge >= 0.3 is 0 Å². The second-order valence-electron chi connectivity index (χ2n) is 4.12. The van der Waals surface area contributed by atoms with Crippen LogP contribution in [0.3, 0.4) is 0 Å². The summed E-state index contributed by atoms with van der Waals surface area (Å²) in [6, 6.07) is 3.47. The Morgan fingerprint density at radius 1 is 1.59 bits per heavy atom. The van der Waals surface area contributed by atoms with Gasteiger partial charge in [-0.3, -0.25) is 4.79 Å². The monoisotopic (exact) mass is 300 g/mol. The molecule has 1 unspecified atom stereocenters. The maximum atomic E-state index is 12.0. The fourth-order valence-corrected chi connectivity index (χ4v) is 1.81. The van der Waals surface area contributed by atoms with Gasteiger partial charge in [0.1, 0.15) is 4.60 Å². The third-order valence-corrected chi connectivity index (χ3v) is 3.10. The van der Waals surface area contributed by atoms with Crippen LogP contribution in [0.2, 0.25) is 0 Å². The minimum Gasteiger partial charge on any atom is -0.383 e. The number of ether oxygens (including phenoxy) is 1. The van der Waals surface area contributed by atoms with Crippen molar-refractivity contribution in [3.8, 4) is 0 Å². The molecule has 0 aliphatic carbocycles. The van der Waals surface area contributed by atoms with Crippen molar-refractivity contribution in [1.82, 2.24) is 10.3 Å². The zero-order valence-corrected chi connectivity index (χ0v) is 11.8. The molecule has 0 saturated carbocycles. The highest BCUT2D eigenvalue weighted by molar-refractivity contribution is 9.10. The number of amides is 1. The number of hydrogen-bond acceptors (Lipinski definition) is 3. The van der Waals surface area contributed by atoms with Crippen molar-refractivity contribution in [1.29, 1.82) is 0 Å². The number of carbonyl (C=O) groups is 1. The van der Waals surface area contributed by atoms with Gasteiger partial charge in [0, 0.05) is 13.3 Å². The molecule has 1 rings (SSSR count). The molecule has 4 nitrogen and oxygen atoms in total. The van der Waals surface area contributed by atoms with Gasteiger partial charge in [-0.15, -0.1) is 0 Å². The predicted molar refractivity (Wildman–Crippen MR) is 69.9 cm³/mol. The highest BCUT2D eigenvalue weighted by atomic mass is 79.9. The van der Waals surface area contributed by atoms with Crippen LogP contribution in [-0.4, -0.2) is 30.6 Å². The van der Waals surface area contributed by atoms with E-state index in [1.54, 1.807) is 25.4 Å². The first-order valence-electron chi connectivity index (χ1n) is 5.46. The van der Waals surface area contributed by atoms with Crippen LogP contribution in [-0.2, 0) is 4.74 Å². The normalized spacial score (nSPS) is 12.5. The molecule has 5 heteroatoms. The Morgan fingerprint density at radius 2 is 2.29 bits per heavy atom. The summed E-state index contributed by atoms with van der Waals surface area (Å²) in [5, 5.41) is 2.94. The first kappa shape index (κ1) is 14.1. The van der Waals surface area contributed by atoms with Crippen LogP contribution < -0.4 is 5.32 Å². The Hall–Kier alpha value is -0.940. The summed E-state index contributed by atoms with van der Waals surface area (Å²) in [7, 11) is 1.63. The van der Waals surface area contributed by atoms with Gasteiger partial charge in [-0.05, 0) is 34.0 Å². The molecule has 0 bridgehead atoms. The number of halogens is 1. The molecule has 0 fully saturated rings. The van der Waals surface area contributed by atoms with Gasteiger partial charge in [0.15, 0.2) is 0 Å². The molecule has 1 atom stereocenters. The van der Waals surface area contributed by atoms with E-state index in [1.807, 2.05) is 13.8 Å². The van der Waals surface area contributed by atoms with E-state index in [9.17, 15) is 4.79 Å². The average molecular weight is 301 g/mol. The van der Waals surface area contributed by atoms with E-state index in [-0.39, 0.29) is 11.9 Å². The number of carbonyl (C=O) groups excluding carboxylic acids is 1. The Labute approximate surface area is 110 Å². The minimum absolute atomic E-state index is 0.000365. The highest BCUT2D eigenvalue weighted by Gasteiger charge is 2.18. The molecule has 1 N–H and O–H groups in total. The highest BCUT2D eigenvalue weighted by Crippen LogP contribution is 2.13. The van der Waals surface area contributed by atoms with Gasteiger partial charge in [-0.2, -0.15) is 0 Å². The van der Waals surface area contributed by atoms with Gasteiger partial charge < -0.3 is 10.1 Å². The van der Waals surface area contributed by atoms with E-state index in [0.717, 1.165) is 0 Å². The molecule has 0 saturated heterocycles. The van der Waals surface area contributed by atoms with Crippen molar-refractivity contribution in [2.45, 2.75) is 19.9 Å². The van der Waals surface area contributed by atoms with Gasteiger partial charge in [-0.1, -0.05) is 13.8 Å². The van der Waals surface area contributed by atoms with Crippen molar-refractivity contribution >= 4 is 21.8 Å². The fraction of sp³-hybridized carbons (Fsp3) is 0.500. The number of methoxy groups -OCH3 is 1. The third-order valence-electron chi connectivity index (χ3n) is 2.47. The molecule has 1 amide bonds. The van der Waals surface area contributed by atoms with Gasteiger partial charge in [-0.25, -0.2) is 4.98 Å². The van der Waals surface area contributed by atoms with E-state index >= 15 is 0 Å². The number of pyridine rings is 1. The smallest absolute Gasteiger partial charge is 0.254 e. The Balaban J connectivity index is 2.74.